The van der Waals surface area contributed by atoms with Gasteiger partial charge in [-0.25, -0.2) is 8.42 Å². The van der Waals surface area contributed by atoms with Crippen molar-refractivity contribution in [3.05, 3.63) is 28.2 Å². The Morgan fingerprint density at radius 3 is 2.71 bits per heavy atom. The summed E-state index contributed by atoms with van der Waals surface area (Å²) in [5, 5.41) is 17.9. The van der Waals surface area contributed by atoms with E-state index in [1.165, 1.54) is 0 Å². The lowest BCUT2D eigenvalue weighted by molar-refractivity contribution is -0.135. The zero-order chi connectivity index (χ0) is 15.6. The van der Waals surface area contributed by atoms with Crippen LogP contribution in [0.15, 0.2) is 22.7 Å². The molecule has 21 heavy (non-hydrogen) atoms. The number of sulfone groups is 1. The number of carbonyl (C=O) groups is 1. The van der Waals surface area contributed by atoms with Gasteiger partial charge in [-0.2, -0.15) is 5.26 Å². The molecule has 1 aliphatic heterocycles. The van der Waals surface area contributed by atoms with Gasteiger partial charge in [-0.3, -0.25) is 4.79 Å². The summed E-state index contributed by atoms with van der Waals surface area (Å²) in [5.41, 5.74) is 1.03. The Morgan fingerprint density at radius 1 is 1.52 bits per heavy atom. The fraction of sp³-hybridized carbons (Fsp3) is 0.385. The van der Waals surface area contributed by atoms with Gasteiger partial charge in [-0.05, 0) is 40.5 Å². The molecule has 0 bridgehead atoms. The van der Waals surface area contributed by atoms with Gasteiger partial charge in [0.1, 0.15) is 6.54 Å². The maximum atomic E-state index is 11.6. The van der Waals surface area contributed by atoms with E-state index in [2.05, 4.69) is 15.9 Å². The normalized spacial score (nSPS) is 19.9. The first-order valence-corrected chi connectivity index (χ1v) is 8.82. The summed E-state index contributed by atoms with van der Waals surface area (Å²) in [6, 6.07) is 6.44. The smallest absolute Gasteiger partial charge is 0.323 e. The predicted molar refractivity (Wildman–Crippen MR) is 80.9 cm³/mol. The fourth-order valence-corrected chi connectivity index (χ4v) is 4.72. The minimum Gasteiger partial charge on any atom is -0.480 e. The average molecular weight is 373 g/mol. The second kappa shape index (κ2) is 6.03. The minimum atomic E-state index is -3.11. The first-order chi connectivity index (χ1) is 9.82. The largest absolute Gasteiger partial charge is 0.480 e. The molecular formula is C13H13BrN2O4S. The number of aliphatic carboxylic acids is 1. The Balaban J connectivity index is 2.37. The van der Waals surface area contributed by atoms with Gasteiger partial charge in [0, 0.05) is 10.5 Å². The maximum Gasteiger partial charge on any atom is 0.323 e. The SMILES string of the molecule is N#Cc1ccc(N(CC(=O)O)C2CCS(=O)(=O)C2)c(Br)c1. The summed E-state index contributed by atoms with van der Waals surface area (Å²) < 4.78 is 23.8. The van der Waals surface area contributed by atoms with Crippen molar-refractivity contribution >= 4 is 37.4 Å². The molecule has 0 amide bonds. The number of hydrogen-bond acceptors (Lipinski definition) is 5. The quantitative estimate of drug-likeness (QED) is 0.857. The van der Waals surface area contributed by atoms with Crippen molar-refractivity contribution in [1.29, 1.82) is 5.26 Å². The monoisotopic (exact) mass is 372 g/mol. The Hall–Kier alpha value is -1.59. The van der Waals surface area contributed by atoms with E-state index >= 15 is 0 Å². The average Bonchev–Trinajstić information content (AvgIpc) is 2.76. The lowest BCUT2D eigenvalue weighted by Gasteiger charge is -2.29. The van der Waals surface area contributed by atoms with E-state index in [1.54, 1.807) is 23.1 Å². The van der Waals surface area contributed by atoms with Crippen molar-refractivity contribution in [3.8, 4) is 6.07 Å². The third-order valence-electron chi connectivity index (χ3n) is 3.34. The highest BCUT2D eigenvalue weighted by Crippen LogP contribution is 2.31. The van der Waals surface area contributed by atoms with E-state index in [4.69, 9.17) is 10.4 Å². The molecule has 1 unspecified atom stereocenters. The van der Waals surface area contributed by atoms with Crippen LogP contribution in [0.5, 0.6) is 0 Å². The van der Waals surface area contributed by atoms with E-state index in [-0.39, 0.29) is 24.1 Å². The van der Waals surface area contributed by atoms with E-state index in [1.807, 2.05) is 6.07 Å². The lowest BCUT2D eigenvalue weighted by Crippen LogP contribution is -2.40. The molecular weight excluding hydrogens is 360 g/mol. The van der Waals surface area contributed by atoms with Crippen LogP contribution in [0.25, 0.3) is 0 Å². The highest BCUT2D eigenvalue weighted by Gasteiger charge is 2.34. The first kappa shape index (κ1) is 15.8. The molecule has 1 heterocycles. The first-order valence-electron chi connectivity index (χ1n) is 6.21. The van der Waals surface area contributed by atoms with Crippen molar-refractivity contribution in [2.45, 2.75) is 12.5 Å². The van der Waals surface area contributed by atoms with Crippen molar-refractivity contribution in [2.24, 2.45) is 0 Å². The summed E-state index contributed by atoms with van der Waals surface area (Å²) in [6.07, 6.45) is 0.405. The molecule has 112 valence electrons. The molecule has 1 aromatic rings. The van der Waals surface area contributed by atoms with Crippen LogP contribution >= 0.6 is 15.9 Å². The summed E-state index contributed by atoms with van der Waals surface area (Å²) in [7, 11) is -3.11. The zero-order valence-corrected chi connectivity index (χ0v) is 13.4. The molecule has 6 nitrogen and oxygen atoms in total. The van der Waals surface area contributed by atoms with Gasteiger partial charge in [0.2, 0.25) is 0 Å². The third-order valence-corrected chi connectivity index (χ3v) is 5.73. The highest BCUT2D eigenvalue weighted by molar-refractivity contribution is 9.10. The van der Waals surface area contributed by atoms with Crippen LogP contribution in [0.4, 0.5) is 5.69 Å². The van der Waals surface area contributed by atoms with Crippen LogP contribution in [0.1, 0.15) is 12.0 Å². The molecule has 0 spiro atoms. The van der Waals surface area contributed by atoms with Crippen LogP contribution in [0.2, 0.25) is 0 Å². The molecule has 1 aliphatic rings. The van der Waals surface area contributed by atoms with Gasteiger partial charge >= 0.3 is 5.97 Å². The van der Waals surface area contributed by atoms with Crippen LogP contribution < -0.4 is 4.90 Å². The minimum absolute atomic E-state index is 0.0489. The summed E-state index contributed by atoms with van der Waals surface area (Å²) >= 11 is 3.32. The Bertz CT molecular complexity index is 711. The molecule has 1 N–H and O–H groups in total. The number of benzene rings is 1. The number of carboxylic acids is 1. The number of carboxylic acid groups (broad SMARTS) is 1. The van der Waals surface area contributed by atoms with Gasteiger partial charge in [0.15, 0.2) is 9.84 Å². The lowest BCUT2D eigenvalue weighted by atomic mass is 10.1. The molecule has 1 saturated heterocycles. The third kappa shape index (κ3) is 3.74. The van der Waals surface area contributed by atoms with E-state index in [0.29, 0.717) is 22.1 Å². The molecule has 0 aliphatic carbocycles. The van der Waals surface area contributed by atoms with Gasteiger partial charge < -0.3 is 10.0 Å². The molecule has 0 saturated carbocycles. The highest BCUT2D eigenvalue weighted by atomic mass is 79.9. The predicted octanol–water partition coefficient (Wildman–Crippen LogP) is 1.40. The number of hydrogen-bond donors (Lipinski definition) is 1. The Kier molecular flexibility index (Phi) is 4.54. The molecule has 1 atom stereocenters. The number of halogens is 1. The fourth-order valence-electron chi connectivity index (χ4n) is 2.39. The summed E-state index contributed by atoms with van der Waals surface area (Å²) in [4.78, 5) is 12.6. The number of nitrogens with zero attached hydrogens (tertiary/aromatic N) is 2. The van der Waals surface area contributed by atoms with Crippen molar-refractivity contribution in [2.75, 3.05) is 23.0 Å². The van der Waals surface area contributed by atoms with E-state index < -0.39 is 15.8 Å². The number of nitriles is 1. The van der Waals surface area contributed by atoms with Crippen LogP contribution in [-0.2, 0) is 14.6 Å². The number of rotatable bonds is 4. The molecule has 8 heteroatoms. The van der Waals surface area contributed by atoms with Gasteiger partial charge in [-0.1, -0.05) is 0 Å². The molecule has 1 fully saturated rings. The molecule has 2 rings (SSSR count). The summed E-state index contributed by atoms with van der Waals surface area (Å²) in [5.74, 6) is -1.01. The Labute approximate surface area is 131 Å². The molecule has 0 aromatic heterocycles. The van der Waals surface area contributed by atoms with Crippen LogP contribution in [0, 0.1) is 11.3 Å². The van der Waals surface area contributed by atoms with Crippen LogP contribution in [0.3, 0.4) is 0 Å². The number of anilines is 1. The van der Waals surface area contributed by atoms with Crippen molar-refractivity contribution in [1.82, 2.24) is 0 Å². The second-order valence-corrected chi connectivity index (χ2v) is 7.94. The molecule has 1 aromatic carbocycles. The van der Waals surface area contributed by atoms with Crippen molar-refractivity contribution in [3.63, 3.8) is 0 Å². The van der Waals surface area contributed by atoms with E-state index in [0.717, 1.165) is 0 Å². The molecule has 0 radical (unpaired) electrons. The zero-order valence-electron chi connectivity index (χ0n) is 11.0. The van der Waals surface area contributed by atoms with Gasteiger partial charge in [-0.15, -0.1) is 0 Å². The van der Waals surface area contributed by atoms with Crippen LogP contribution in [-0.4, -0.2) is 43.6 Å². The van der Waals surface area contributed by atoms with Crippen molar-refractivity contribution < 1.29 is 18.3 Å². The van der Waals surface area contributed by atoms with Gasteiger partial charge in [0.05, 0.1) is 28.8 Å². The Morgan fingerprint density at radius 2 is 2.24 bits per heavy atom. The summed E-state index contributed by atoms with van der Waals surface area (Å²) in [6.45, 7) is -0.287. The second-order valence-electron chi connectivity index (χ2n) is 4.86. The van der Waals surface area contributed by atoms with Gasteiger partial charge in [0.25, 0.3) is 0 Å². The maximum absolute atomic E-state index is 11.6. The van der Waals surface area contributed by atoms with E-state index in [9.17, 15) is 13.2 Å². The topological polar surface area (TPSA) is 98.5 Å². The standard InChI is InChI=1S/C13H13BrN2O4S/c14-11-5-9(6-15)1-2-12(11)16(7-13(17)18)10-3-4-21(19,20)8-10/h1-2,5,10H,3-4,7-8H2,(H,17,18).